The van der Waals surface area contributed by atoms with Gasteiger partial charge in [0.25, 0.3) is 0 Å². The molecule has 1 aromatic heterocycles. The van der Waals surface area contributed by atoms with Gasteiger partial charge in [-0.15, -0.1) is 0 Å². The molecule has 1 N–H and O–H groups in total. The number of anilines is 1. The SMILES string of the molecule is COc1cccc(-n2cnc3c2NC(=O)CC3c2cc(F)ccc2F)c1. The van der Waals surface area contributed by atoms with Crippen molar-refractivity contribution in [1.82, 2.24) is 9.55 Å². The Morgan fingerprint density at radius 1 is 1.23 bits per heavy atom. The second-order valence-corrected chi connectivity index (χ2v) is 6.02. The highest BCUT2D eigenvalue weighted by molar-refractivity contribution is 5.94. The lowest BCUT2D eigenvalue weighted by atomic mass is 9.89. The van der Waals surface area contributed by atoms with Gasteiger partial charge < -0.3 is 10.1 Å². The Morgan fingerprint density at radius 2 is 2.08 bits per heavy atom. The van der Waals surface area contributed by atoms with Crippen LogP contribution in [-0.4, -0.2) is 22.6 Å². The van der Waals surface area contributed by atoms with Crippen LogP contribution in [0.25, 0.3) is 5.69 Å². The summed E-state index contributed by atoms with van der Waals surface area (Å²) in [6, 6.07) is 10.5. The minimum atomic E-state index is -0.652. The van der Waals surface area contributed by atoms with Gasteiger partial charge in [-0.3, -0.25) is 9.36 Å². The van der Waals surface area contributed by atoms with Crippen LogP contribution in [0.2, 0.25) is 0 Å². The minimum absolute atomic E-state index is 0.00248. The molecule has 7 heteroatoms. The first-order chi connectivity index (χ1) is 12.6. The third-order valence-corrected chi connectivity index (χ3v) is 4.44. The average molecular weight is 355 g/mol. The van der Waals surface area contributed by atoms with Gasteiger partial charge in [0.2, 0.25) is 5.91 Å². The molecule has 0 spiro atoms. The number of fused-ring (bicyclic) bond motifs is 1. The molecule has 2 heterocycles. The zero-order chi connectivity index (χ0) is 18.3. The highest BCUT2D eigenvalue weighted by Crippen LogP contribution is 2.38. The molecule has 2 aromatic carbocycles. The molecular weight excluding hydrogens is 340 g/mol. The molecule has 0 saturated carbocycles. The van der Waals surface area contributed by atoms with Crippen LogP contribution in [0.1, 0.15) is 23.6 Å². The van der Waals surface area contributed by atoms with Crippen LogP contribution in [0.3, 0.4) is 0 Å². The molecule has 132 valence electrons. The Kier molecular flexibility index (Phi) is 3.91. The second-order valence-electron chi connectivity index (χ2n) is 6.02. The van der Waals surface area contributed by atoms with E-state index in [-0.39, 0.29) is 17.9 Å². The smallest absolute Gasteiger partial charge is 0.226 e. The standard InChI is InChI=1S/C19H15F2N3O2/c1-26-13-4-2-3-12(8-13)24-10-22-18-15(9-17(25)23-19(18)24)14-7-11(20)5-6-16(14)21/h2-8,10,15H,9H2,1H3,(H,23,25). The molecule has 0 saturated heterocycles. The van der Waals surface area contributed by atoms with Crippen molar-refractivity contribution >= 4 is 11.7 Å². The van der Waals surface area contributed by atoms with E-state index in [1.165, 1.54) is 0 Å². The fraction of sp³-hybridized carbons (Fsp3) is 0.158. The van der Waals surface area contributed by atoms with Crippen molar-refractivity contribution in [3.05, 3.63) is 71.7 Å². The number of aromatic nitrogens is 2. The minimum Gasteiger partial charge on any atom is -0.497 e. The topological polar surface area (TPSA) is 56.1 Å². The number of hydrogen-bond donors (Lipinski definition) is 1. The summed E-state index contributed by atoms with van der Waals surface area (Å²) in [4.78, 5) is 16.6. The summed E-state index contributed by atoms with van der Waals surface area (Å²) < 4.78 is 34.8. The third-order valence-electron chi connectivity index (χ3n) is 4.44. The Labute approximate surface area is 148 Å². The van der Waals surface area contributed by atoms with Gasteiger partial charge in [0.05, 0.1) is 18.5 Å². The number of amides is 1. The maximum atomic E-state index is 14.3. The molecule has 0 aliphatic carbocycles. The van der Waals surface area contributed by atoms with Gasteiger partial charge in [0.1, 0.15) is 29.5 Å². The summed E-state index contributed by atoms with van der Waals surface area (Å²) in [6.07, 6.45) is 1.55. The summed E-state index contributed by atoms with van der Waals surface area (Å²) in [6.45, 7) is 0. The largest absolute Gasteiger partial charge is 0.497 e. The molecule has 1 unspecified atom stereocenters. The van der Waals surface area contributed by atoms with Crippen molar-refractivity contribution in [3.63, 3.8) is 0 Å². The van der Waals surface area contributed by atoms with Crippen LogP contribution in [0.15, 0.2) is 48.8 Å². The Morgan fingerprint density at radius 3 is 2.88 bits per heavy atom. The molecule has 1 aliphatic heterocycles. The normalized spacial score (nSPS) is 16.1. The van der Waals surface area contributed by atoms with Crippen LogP contribution in [0.5, 0.6) is 5.75 Å². The Bertz CT molecular complexity index is 1000. The number of ether oxygens (including phenoxy) is 1. The van der Waals surface area contributed by atoms with Crippen LogP contribution in [0.4, 0.5) is 14.6 Å². The Hall–Kier alpha value is -3.22. The number of nitrogens with one attached hydrogen (secondary N) is 1. The van der Waals surface area contributed by atoms with Crippen molar-refractivity contribution in [2.24, 2.45) is 0 Å². The summed E-state index contributed by atoms with van der Waals surface area (Å²) in [5, 5.41) is 2.78. The van der Waals surface area contributed by atoms with Crippen molar-refractivity contribution in [3.8, 4) is 11.4 Å². The monoisotopic (exact) mass is 355 g/mol. The zero-order valence-corrected chi connectivity index (χ0v) is 13.9. The number of carbonyl (C=O) groups excluding carboxylic acids is 1. The molecule has 26 heavy (non-hydrogen) atoms. The molecular formula is C19H15F2N3O2. The van der Waals surface area contributed by atoms with Crippen LogP contribution in [-0.2, 0) is 4.79 Å². The molecule has 0 fully saturated rings. The lowest BCUT2D eigenvalue weighted by Crippen LogP contribution is -2.25. The molecule has 3 aromatic rings. The predicted molar refractivity (Wildman–Crippen MR) is 91.6 cm³/mol. The zero-order valence-electron chi connectivity index (χ0n) is 13.9. The van der Waals surface area contributed by atoms with E-state index < -0.39 is 17.6 Å². The summed E-state index contributed by atoms with van der Waals surface area (Å²) in [5.74, 6) is -0.950. The lowest BCUT2D eigenvalue weighted by molar-refractivity contribution is -0.116. The Balaban J connectivity index is 1.84. The van der Waals surface area contributed by atoms with Gasteiger partial charge in [-0.25, -0.2) is 13.8 Å². The highest BCUT2D eigenvalue weighted by atomic mass is 19.1. The van der Waals surface area contributed by atoms with Gasteiger partial charge in [-0.1, -0.05) is 6.07 Å². The van der Waals surface area contributed by atoms with Gasteiger partial charge in [-0.2, -0.15) is 0 Å². The highest BCUT2D eigenvalue weighted by Gasteiger charge is 2.32. The summed E-state index contributed by atoms with van der Waals surface area (Å²) >= 11 is 0. The molecule has 1 aliphatic rings. The summed E-state index contributed by atoms with van der Waals surface area (Å²) in [7, 11) is 1.56. The molecule has 0 bridgehead atoms. The fourth-order valence-electron chi connectivity index (χ4n) is 3.20. The number of benzene rings is 2. The van der Waals surface area contributed by atoms with Gasteiger partial charge in [0.15, 0.2) is 0 Å². The summed E-state index contributed by atoms with van der Waals surface area (Å²) in [5.41, 5.74) is 1.35. The van der Waals surface area contributed by atoms with E-state index >= 15 is 0 Å². The second kappa shape index (κ2) is 6.25. The number of imidazole rings is 1. The fourth-order valence-corrected chi connectivity index (χ4v) is 3.20. The van der Waals surface area contributed by atoms with E-state index in [9.17, 15) is 13.6 Å². The van der Waals surface area contributed by atoms with E-state index in [4.69, 9.17) is 4.74 Å². The average Bonchev–Trinajstić information content (AvgIpc) is 3.07. The molecule has 4 rings (SSSR count). The quantitative estimate of drug-likeness (QED) is 0.781. The number of nitrogens with zero attached hydrogens (tertiary/aromatic N) is 2. The van der Waals surface area contributed by atoms with E-state index in [1.54, 1.807) is 30.1 Å². The maximum absolute atomic E-state index is 14.3. The number of rotatable bonds is 3. The van der Waals surface area contributed by atoms with Gasteiger partial charge in [0, 0.05) is 24.0 Å². The van der Waals surface area contributed by atoms with E-state index in [1.807, 2.05) is 12.1 Å². The first kappa shape index (κ1) is 16.3. The van der Waals surface area contributed by atoms with E-state index in [2.05, 4.69) is 10.3 Å². The van der Waals surface area contributed by atoms with Crippen LogP contribution < -0.4 is 10.1 Å². The third kappa shape index (κ3) is 2.71. The van der Waals surface area contributed by atoms with Gasteiger partial charge >= 0.3 is 0 Å². The number of hydrogen-bond acceptors (Lipinski definition) is 3. The lowest BCUT2D eigenvalue weighted by Gasteiger charge is -2.23. The van der Waals surface area contributed by atoms with E-state index in [0.717, 1.165) is 23.9 Å². The molecule has 1 amide bonds. The molecule has 5 nitrogen and oxygen atoms in total. The molecule has 0 radical (unpaired) electrons. The first-order valence-corrected chi connectivity index (χ1v) is 8.03. The van der Waals surface area contributed by atoms with Crippen LogP contribution >= 0.6 is 0 Å². The molecule has 1 atom stereocenters. The maximum Gasteiger partial charge on any atom is 0.226 e. The number of halogens is 2. The first-order valence-electron chi connectivity index (χ1n) is 8.03. The van der Waals surface area contributed by atoms with Crippen molar-refractivity contribution in [2.75, 3.05) is 12.4 Å². The van der Waals surface area contributed by atoms with Gasteiger partial charge in [-0.05, 0) is 30.3 Å². The predicted octanol–water partition coefficient (Wildman–Crippen LogP) is 3.63. The van der Waals surface area contributed by atoms with Crippen LogP contribution in [0, 0.1) is 11.6 Å². The van der Waals surface area contributed by atoms with Crippen molar-refractivity contribution in [1.29, 1.82) is 0 Å². The number of carbonyl (C=O) groups is 1. The van der Waals surface area contributed by atoms with Crippen molar-refractivity contribution < 1.29 is 18.3 Å². The number of methoxy groups -OCH3 is 1. The van der Waals surface area contributed by atoms with E-state index in [0.29, 0.717) is 17.3 Å². The van der Waals surface area contributed by atoms with Crippen molar-refractivity contribution in [2.45, 2.75) is 12.3 Å².